The van der Waals surface area contributed by atoms with Crippen molar-refractivity contribution in [1.82, 2.24) is 5.48 Å². The van der Waals surface area contributed by atoms with Gasteiger partial charge in [-0.05, 0) is 24.3 Å². The average molecular weight is 352 g/mol. The molecule has 0 aliphatic carbocycles. The third-order valence-electron chi connectivity index (χ3n) is 2.47. The quantitative estimate of drug-likeness (QED) is 0.680. The van der Waals surface area contributed by atoms with E-state index in [2.05, 4.69) is 4.84 Å². The molecule has 2 rings (SSSR count). The van der Waals surface area contributed by atoms with E-state index in [1.54, 1.807) is 48.5 Å². The molecule has 2 aromatic rings. The molecular formula is C15H16N2O6S. The van der Waals surface area contributed by atoms with Crippen LogP contribution in [0.3, 0.4) is 0 Å². The summed E-state index contributed by atoms with van der Waals surface area (Å²) in [5, 5.41) is 13.0. The number of carboxylic acid groups (broad SMARTS) is 1. The Morgan fingerprint density at radius 2 is 1.50 bits per heavy atom. The lowest BCUT2D eigenvalue weighted by atomic mass is 10.2. The van der Waals surface area contributed by atoms with Gasteiger partial charge in [0.25, 0.3) is 5.91 Å². The summed E-state index contributed by atoms with van der Waals surface area (Å²) in [5.41, 5.74) is 2.43. The maximum absolute atomic E-state index is 11.2. The number of nitrogens with two attached hydrogens (primary N) is 1. The maximum atomic E-state index is 11.2. The van der Waals surface area contributed by atoms with Crippen molar-refractivity contribution in [3.8, 4) is 0 Å². The molecule has 8 nitrogen and oxygen atoms in total. The number of carbonyl (C=O) groups is 2. The van der Waals surface area contributed by atoms with Gasteiger partial charge in [-0.15, -0.1) is 0 Å². The van der Waals surface area contributed by atoms with Crippen LogP contribution in [0.2, 0.25) is 0 Å². The molecule has 0 saturated heterocycles. The van der Waals surface area contributed by atoms with E-state index in [1.165, 1.54) is 12.1 Å². The highest BCUT2D eigenvalue weighted by atomic mass is 32.2. The van der Waals surface area contributed by atoms with E-state index < -0.39 is 28.5 Å². The molecule has 0 fully saturated rings. The first-order valence-corrected chi connectivity index (χ1v) is 8.12. The van der Waals surface area contributed by atoms with Crippen LogP contribution in [0.5, 0.6) is 0 Å². The van der Waals surface area contributed by atoms with Crippen LogP contribution >= 0.6 is 0 Å². The number of benzene rings is 2. The fourth-order valence-corrected chi connectivity index (χ4v) is 1.96. The van der Waals surface area contributed by atoms with Crippen molar-refractivity contribution in [3.05, 3.63) is 66.2 Å². The van der Waals surface area contributed by atoms with Crippen molar-refractivity contribution in [2.24, 2.45) is 5.14 Å². The van der Waals surface area contributed by atoms with Crippen LogP contribution < -0.4 is 10.6 Å². The lowest BCUT2D eigenvalue weighted by molar-refractivity contribution is -0.144. The summed E-state index contributed by atoms with van der Waals surface area (Å²) >= 11 is 0. The normalized spacial score (nSPS) is 10.2. The summed E-state index contributed by atoms with van der Waals surface area (Å²) in [7, 11) is -3.50. The Bertz CT molecular complexity index is 763. The number of hydrogen-bond acceptors (Lipinski definition) is 5. The number of amides is 1. The molecular weight excluding hydrogens is 336 g/mol. The summed E-state index contributed by atoms with van der Waals surface area (Å²) in [6, 6.07) is 16.3. The number of hydroxylamine groups is 1. The van der Waals surface area contributed by atoms with E-state index in [0.717, 1.165) is 0 Å². The molecule has 1 amide bonds. The molecule has 0 radical (unpaired) electrons. The zero-order chi connectivity index (χ0) is 18.0. The van der Waals surface area contributed by atoms with Gasteiger partial charge in [0.2, 0.25) is 10.0 Å². The Labute approximate surface area is 138 Å². The predicted molar refractivity (Wildman–Crippen MR) is 85.3 cm³/mol. The largest absolute Gasteiger partial charge is 0.479 e. The highest BCUT2D eigenvalue weighted by Gasteiger charge is 2.05. The first-order valence-electron chi connectivity index (χ1n) is 6.57. The standard InChI is InChI=1S/C9H9NO4.C6H7NO2S/c11-8(12)6-14-10-9(13)7-4-2-1-3-5-7;7-10(8,9)6-4-2-1-3-5-6/h1-5H,6H2,(H,10,13)(H,11,12);1-5H,(H2,7,8,9). The van der Waals surface area contributed by atoms with Crippen molar-refractivity contribution in [2.75, 3.05) is 6.61 Å². The predicted octanol–water partition coefficient (Wildman–Crippen LogP) is 0.767. The molecule has 4 N–H and O–H groups in total. The van der Waals surface area contributed by atoms with Crippen LogP contribution in [0.15, 0.2) is 65.6 Å². The summed E-state index contributed by atoms with van der Waals surface area (Å²) in [4.78, 5) is 25.8. The number of aliphatic carboxylic acids is 1. The molecule has 0 heterocycles. The van der Waals surface area contributed by atoms with E-state index in [9.17, 15) is 18.0 Å². The summed E-state index contributed by atoms with van der Waals surface area (Å²) < 4.78 is 21.2. The highest BCUT2D eigenvalue weighted by molar-refractivity contribution is 7.89. The Kier molecular flexibility index (Phi) is 7.56. The number of sulfonamides is 1. The van der Waals surface area contributed by atoms with Gasteiger partial charge in [-0.1, -0.05) is 36.4 Å². The summed E-state index contributed by atoms with van der Waals surface area (Å²) in [5.74, 6) is -1.61. The minimum atomic E-state index is -3.50. The minimum Gasteiger partial charge on any atom is -0.479 e. The minimum absolute atomic E-state index is 0.148. The molecule has 0 unspecified atom stereocenters. The third-order valence-corrected chi connectivity index (χ3v) is 3.40. The summed E-state index contributed by atoms with van der Waals surface area (Å²) in [6.45, 7) is -0.557. The zero-order valence-electron chi connectivity index (χ0n) is 12.5. The molecule has 2 aromatic carbocycles. The van der Waals surface area contributed by atoms with Crippen LogP contribution in [0.4, 0.5) is 0 Å². The molecule has 0 bridgehead atoms. The second-order valence-electron chi connectivity index (χ2n) is 4.34. The highest BCUT2D eigenvalue weighted by Crippen LogP contribution is 2.03. The molecule has 0 spiro atoms. The molecule has 9 heteroatoms. The molecule has 0 aromatic heterocycles. The van der Waals surface area contributed by atoms with Crippen molar-refractivity contribution >= 4 is 21.9 Å². The number of carbonyl (C=O) groups excluding carboxylic acids is 1. The van der Waals surface area contributed by atoms with Crippen molar-refractivity contribution in [2.45, 2.75) is 4.90 Å². The number of carboxylic acids is 1. The molecule has 0 aliphatic heterocycles. The second kappa shape index (κ2) is 9.40. The van der Waals surface area contributed by atoms with Crippen LogP contribution in [-0.2, 0) is 19.7 Å². The molecule has 24 heavy (non-hydrogen) atoms. The topological polar surface area (TPSA) is 136 Å². The molecule has 0 aliphatic rings. The maximum Gasteiger partial charge on any atom is 0.332 e. The number of hydrogen-bond donors (Lipinski definition) is 3. The SMILES string of the molecule is NS(=O)(=O)c1ccccc1.O=C(O)CONC(=O)c1ccccc1. The zero-order valence-corrected chi connectivity index (χ0v) is 13.3. The smallest absolute Gasteiger partial charge is 0.332 e. The number of rotatable bonds is 5. The van der Waals surface area contributed by atoms with Gasteiger partial charge in [-0.2, -0.15) is 0 Å². The van der Waals surface area contributed by atoms with Crippen LogP contribution in [-0.4, -0.2) is 32.0 Å². The van der Waals surface area contributed by atoms with E-state index in [4.69, 9.17) is 10.2 Å². The van der Waals surface area contributed by atoms with Gasteiger partial charge in [0.05, 0.1) is 4.90 Å². The molecule has 0 atom stereocenters. The van der Waals surface area contributed by atoms with Gasteiger partial charge in [0, 0.05) is 5.56 Å². The van der Waals surface area contributed by atoms with Gasteiger partial charge >= 0.3 is 5.97 Å². The van der Waals surface area contributed by atoms with Gasteiger partial charge in [0.1, 0.15) is 0 Å². The molecule has 0 saturated carbocycles. The van der Waals surface area contributed by atoms with Gasteiger partial charge in [-0.25, -0.2) is 23.8 Å². The first-order chi connectivity index (χ1) is 11.3. The van der Waals surface area contributed by atoms with Crippen LogP contribution in [0.1, 0.15) is 10.4 Å². The monoisotopic (exact) mass is 352 g/mol. The Morgan fingerprint density at radius 1 is 1.00 bits per heavy atom. The van der Waals surface area contributed by atoms with Crippen molar-refractivity contribution in [1.29, 1.82) is 0 Å². The Hall–Kier alpha value is -2.75. The van der Waals surface area contributed by atoms with E-state index in [0.29, 0.717) is 5.56 Å². The molecule has 128 valence electrons. The van der Waals surface area contributed by atoms with Gasteiger partial charge in [0.15, 0.2) is 6.61 Å². The lowest BCUT2D eigenvalue weighted by Crippen LogP contribution is -2.26. The van der Waals surface area contributed by atoms with Gasteiger partial charge in [-0.3, -0.25) is 9.63 Å². The van der Waals surface area contributed by atoms with Crippen LogP contribution in [0.25, 0.3) is 0 Å². The fraction of sp³-hybridized carbons (Fsp3) is 0.0667. The van der Waals surface area contributed by atoms with Crippen LogP contribution in [0, 0.1) is 0 Å². The number of primary sulfonamides is 1. The number of nitrogens with one attached hydrogen (secondary N) is 1. The van der Waals surface area contributed by atoms with Crippen molar-refractivity contribution < 1.29 is 28.0 Å². The summed E-state index contributed by atoms with van der Waals surface area (Å²) in [6.07, 6.45) is 0. The van der Waals surface area contributed by atoms with E-state index in [-0.39, 0.29) is 4.90 Å². The van der Waals surface area contributed by atoms with E-state index >= 15 is 0 Å². The first kappa shape index (κ1) is 19.3. The fourth-order valence-electron chi connectivity index (χ4n) is 1.42. The van der Waals surface area contributed by atoms with Crippen molar-refractivity contribution in [3.63, 3.8) is 0 Å². The average Bonchev–Trinajstić information content (AvgIpc) is 2.56. The third kappa shape index (κ3) is 7.49. The Balaban J connectivity index is 0.000000254. The lowest BCUT2D eigenvalue weighted by Gasteiger charge is -2.02. The van der Waals surface area contributed by atoms with E-state index in [1.807, 2.05) is 5.48 Å². The van der Waals surface area contributed by atoms with Gasteiger partial charge < -0.3 is 5.11 Å². The Morgan fingerprint density at radius 3 is 1.92 bits per heavy atom. The second-order valence-corrected chi connectivity index (χ2v) is 5.90.